The largest absolute Gasteiger partial charge is 0.352 e. The fourth-order valence-electron chi connectivity index (χ4n) is 3.39. The average molecular weight is 370 g/mol. The van der Waals surface area contributed by atoms with Gasteiger partial charge >= 0.3 is 0 Å². The normalized spacial score (nSPS) is 11.7. The molecule has 0 saturated heterocycles. The molecule has 6 nitrogen and oxygen atoms in total. The minimum absolute atomic E-state index is 0.0716. The summed E-state index contributed by atoms with van der Waals surface area (Å²) in [6.07, 6.45) is 3.76. The van der Waals surface area contributed by atoms with Crippen molar-refractivity contribution >= 4 is 22.8 Å². The minimum Gasteiger partial charge on any atom is -0.352 e. The van der Waals surface area contributed by atoms with E-state index in [1.165, 1.54) is 6.08 Å². The zero-order valence-electron chi connectivity index (χ0n) is 16.9. The first-order valence-corrected chi connectivity index (χ1v) is 9.51. The monoisotopic (exact) mass is 370 g/mol. The van der Waals surface area contributed by atoms with E-state index in [0.717, 1.165) is 16.9 Å². The van der Waals surface area contributed by atoms with E-state index < -0.39 is 0 Å². The number of imidazole rings is 1. The predicted octanol–water partition coefficient (Wildman–Crippen LogP) is 2.92. The molecule has 1 aromatic heterocycles. The van der Waals surface area contributed by atoms with Crippen LogP contribution in [0.3, 0.4) is 0 Å². The third-order valence-electron chi connectivity index (χ3n) is 4.39. The Labute approximate surface area is 161 Å². The standard InChI is InChI=1S/C21H30N4O2/c1-6-9-20(26)22-13-12-19-23-17-10-7-8-11-18(17)24(19)14-21(27)25(15(2)3)16(4)5/h6-11,15-16H,12-14H2,1-5H3,(H,22,26)/b9-6+. The van der Waals surface area contributed by atoms with Gasteiger partial charge in [0, 0.05) is 25.0 Å². The number of amides is 2. The summed E-state index contributed by atoms with van der Waals surface area (Å²) in [5, 5.41) is 2.84. The SMILES string of the molecule is C/C=C/C(=O)NCCc1nc2ccccc2n1CC(=O)N(C(C)C)C(C)C. The van der Waals surface area contributed by atoms with E-state index in [4.69, 9.17) is 0 Å². The van der Waals surface area contributed by atoms with Crippen molar-refractivity contribution < 1.29 is 9.59 Å². The van der Waals surface area contributed by atoms with Gasteiger partial charge < -0.3 is 14.8 Å². The van der Waals surface area contributed by atoms with E-state index >= 15 is 0 Å². The fourth-order valence-corrected chi connectivity index (χ4v) is 3.39. The smallest absolute Gasteiger partial charge is 0.243 e. The highest BCUT2D eigenvalue weighted by Crippen LogP contribution is 2.18. The van der Waals surface area contributed by atoms with Gasteiger partial charge in [-0.2, -0.15) is 0 Å². The molecule has 6 heteroatoms. The van der Waals surface area contributed by atoms with Crippen molar-refractivity contribution in [2.75, 3.05) is 6.54 Å². The van der Waals surface area contributed by atoms with Gasteiger partial charge in [0.1, 0.15) is 12.4 Å². The van der Waals surface area contributed by atoms with Gasteiger partial charge in [0.05, 0.1) is 11.0 Å². The van der Waals surface area contributed by atoms with Gasteiger partial charge in [-0.15, -0.1) is 0 Å². The first-order valence-electron chi connectivity index (χ1n) is 9.51. The minimum atomic E-state index is -0.123. The van der Waals surface area contributed by atoms with E-state index in [1.807, 2.05) is 61.4 Å². The van der Waals surface area contributed by atoms with Crippen LogP contribution in [0.15, 0.2) is 36.4 Å². The number of carbonyl (C=O) groups is 2. The van der Waals surface area contributed by atoms with E-state index in [-0.39, 0.29) is 30.4 Å². The topological polar surface area (TPSA) is 67.2 Å². The molecule has 0 radical (unpaired) electrons. The number of benzene rings is 1. The zero-order chi connectivity index (χ0) is 20.0. The molecule has 2 amide bonds. The van der Waals surface area contributed by atoms with Crippen LogP contribution in [0.5, 0.6) is 0 Å². The molecule has 0 saturated carbocycles. The maximum absolute atomic E-state index is 13.0. The van der Waals surface area contributed by atoms with Crippen LogP contribution in [0.1, 0.15) is 40.4 Å². The highest BCUT2D eigenvalue weighted by atomic mass is 16.2. The average Bonchev–Trinajstić information content (AvgIpc) is 2.92. The number of allylic oxidation sites excluding steroid dienone is 1. The van der Waals surface area contributed by atoms with E-state index in [1.54, 1.807) is 13.0 Å². The molecule has 1 aromatic carbocycles. The van der Waals surface area contributed by atoms with Gasteiger partial charge in [-0.3, -0.25) is 9.59 Å². The molecule has 0 spiro atoms. The Hall–Kier alpha value is -2.63. The molecule has 2 rings (SSSR count). The first kappa shape index (κ1) is 20.7. The zero-order valence-corrected chi connectivity index (χ0v) is 16.9. The first-order chi connectivity index (χ1) is 12.8. The predicted molar refractivity (Wildman–Crippen MR) is 108 cm³/mol. The van der Waals surface area contributed by atoms with Crippen molar-refractivity contribution in [1.29, 1.82) is 0 Å². The van der Waals surface area contributed by atoms with Crippen molar-refractivity contribution in [3.8, 4) is 0 Å². The van der Waals surface area contributed by atoms with Gasteiger partial charge in [-0.25, -0.2) is 4.98 Å². The van der Waals surface area contributed by atoms with Crippen molar-refractivity contribution in [2.24, 2.45) is 0 Å². The second-order valence-electron chi connectivity index (χ2n) is 7.13. The van der Waals surface area contributed by atoms with Gasteiger partial charge in [0.15, 0.2) is 0 Å². The summed E-state index contributed by atoms with van der Waals surface area (Å²) < 4.78 is 1.97. The molecule has 0 bridgehead atoms. The van der Waals surface area contributed by atoms with E-state index in [2.05, 4.69) is 10.3 Å². The highest BCUT2D eigenvalue weighted by molar-refractivity contribution is 5.87. The number of para-hydroxylation sites is 2. The van der Waals surface area contributed by atoms with Crippen molar-refractivity contribution in [1.82, 2.24) is 19.8 Å². The molecule has 27 heavy (non-hydrogen) atoms. The second kappa shape index (κ2) is 9.35. The Balaban J connectivity index is 2.25. The van der Waals surface area contributed by atoms with Gasteiger partial charge in [0.25, 0.3) is 0 Å². The summed E-state index contributed by atoms with van der Waals surface area (Å²) in [4.78, 5) is 31.2. The molecule has 0 aliphatic heterocycles. The lowest BCUT2D eigenvalue weighted by atomic mass is 10.2. The molecule has 146 valence electrons. The Morgan fingerprint density at radius 1 is 1.19 bits per heavy atom. The van der Waals surface area contributed by atoms with Gasteiger partial charge in [-0.05, 0) is 52.8 Å². The molecule has 0 atom stereocenters. The number of rotatable bonds is 8. The van der Waals surface area contributed by atoms with Crippen molar-refractivity contribution in [2.45, 2.75) is 59.7 Å². The molecular weight excluding hydrogens is 340 g/mol. The highest BCUT2D eigenvalue weighted by Gasteiger charge is 2.22. The van der Waals surface area contributed by atoms with Crippen LogP contribution in [-0.4, -0.2) is 44.9 Å². The number of hydrogen-bond acceptors (Lipinski definition) is 3. The number of nitrogens with one attached hydrogen (secondary N) is 1. The lowest BCUT2D eigenvalue weighted by molar-refractivity contribution is -0.135. The summed E-state index contributed by atoms with van der Waals surface area (Å²) in [6, 6.07) is 8.08. The van der Waals surface area contributed by atoms with Crippen LogP contribution in [0, 0.1) is 0 Å². The summed E-state index contributed by atoms with van der Waals surface area (Å²) in [6.45, 7) is 10.6. The van der Waals surface area contributed by atoms with Crippen LogP contribution >= 0.6 is 0 Å². The van der Waals surface area contributed by atoms with Gasteiger partial charge in [-0.1, -0.05) is 18.2 Å². The van der Waals surface area contributed by atoms with Crippen LogP contribution in [0.2, 0.25) is 0 Å². The number of fused-ring (bicyclic) bond motifs is 1. The Bertz CT molecular complexity index is 813. The summed E-state index contributed by atoms with van der Waals surface area (Å²) >= 11 is 0. The molecule has 0 aliphatic carbocycles. The molecule has 1 heterocycles. The summed E-state index contributed by atoms with van der Waals surface area (Å²) in [5.74, 6) is 0.752. The second-order valence-corrected chi connectivity index (χ2v) is 7.13. The Kier molecular flexibility index (Phi) is 7.16. The van der Waals surface area contributed by atoms with Crippen molar-refractivity contribution in [3.63, 3.8) is 0 Å². The summed E-state index contributed by atoms with van der Waals surface area (Å²) in [7, 11) is 0. The van der Waals surface area contributed by atoms with Crippen LogP contribution in [0.25, 0.3) is 11.0 Å². The van der Waals surface area contributed by atoms with Crippen LogP contribution in [-0.2, 0) is 22.6 Å². The third-order valence-corrected chi connectivity index (χ3v) is 4.39. The molecule has 0 unspecified atom stereocenters. The maximum atomic E-state index is 13.0. The molecular formula is C21H30N4O2. The lowest BCUT2D eigenvalue weighted by Crippen LogP contribution is -2.43. The number of hydrogen-bond donors (Lipinski definition) is 1. The number of nitrogens with zero attached hydrogens (tertiary/aromatic N) is 3. The Morgan fingerprint density at radius 3 is 2.48 bits per heavy atom. The van der Waals surface area contributed by atoms with E-state index in [0.29, 0.717) is 13.0 Å². The number of aromatic nitrogens is 2. The molecule has 0 fully saturated rings. The fraction of sp³-hybridized carbons (Fsp3) is 0.476. The van der Waals surface area contributed by atoms with Crippen molar-refractivity contribution in [3.05, 3.63) is 42.2 Å². The molecule has 1 N–H and O–H groups in total. The molecule has 0 aliphatic rings. The molecule has 2 aromatic rings. The summed E-state index contributed by atoms with van der Waals surface area (Å²) in [5.41, 5.74) is 1.80. The quantitative estimate of drug-likeness (QED) is 0.727. The lowest BCUT2D eigenvalue weighted by Gasteiger charge is -2.31. The van der Waals surface area contributed by atoms with Crippen LogP contribution in [0.4, 0.5) is 0 Å². The van der Waals surface area contributed by atoms with E-state index in [9.17, 15) is 9.59 Å². The number of carbonyl (C=O) groups excluding carboxylic acids is 2. The van der Waals surface area contributed by atoms with Crippen LogP contribution < -0.4 is 5.32 Å². The Morgan fingerprint density at radius 2 is 1.85 bits per heavy atom. The third kappa shape index (κ3) is 5.18. The van der Waals surface area contributed by atoms with Gasteiger partial charge in [0.2, 0.25) is 11.8 Å². The maximum Gasteiger partial charge on any atom is 0.243 e.